The summed E-state index contributed by atoms with van der Waals surface area (Å²) in [5.74, 6) is -1.38. The molecule has 4 atom stereocenters. The van der Waals surface area contributed by atoms with Crippen LogP contribution in [0.3, 0.4) is 0 Å². The number of nitrogens with zero attached hydrogens (tertiary/aromatic N) is 1. The normalized spacial score (nSPS) is 18.8. The molecular formula is C27H36N4O7. The second kappa shape index (κ2) is 12.8. The van der Waals surface area contributed by atoms with Crippen LogP contribution in [0, 0.1) is 12.8 Å². The fourth-order valence-corrected chi connectivity index (χ4v) is 3.98. The van der Waals surface area contributed by atoms with Crippen LogP contribution < -0.4 is 16.0 Å². The molecule has 2 heterocycles. The van der Waals surface area contributed by atoms with E-state index in [0.29, 0.717) is 18.8 Å². The monoisotopic (exact) mass is 528 g/mol. The van der Waals surface area contributed by atoms with Crippen molar-refractivity contribution in [2.45, 2.75) is 64.3 Å². The number of carbonyl (C=O) groups is 4. The van der Waals surface area contributed by atoms with Crippen LogP contribution in [0.25, 0.3) is 0 Å². The number of nitrogens with one attached hydrogen (secondary N) is 3. The Bertz CT molecular complexity index is 1130. The first-order chi connectivity index (χ1) is 18.0. The van der Waals surface area contributed by atoms with Crippen molar-refractivity contribution in [1.29, 1.82) is 0 Å². The van der Waals surface area contributed by atoms with E-state index < -0.39 is 41.4 Å². The Morgan fingerprint density at radius 2 is 1.66 bits per heavy atom. The number of rotatable bonds is 14. The van der Waals surface area contributed by atoms with Gasteiger partial charge in [-0.1, -0.05) is 49.3 Å². The molecule has 1 aliphatic rings. The number of methoxy groups -OCH3 is 1. The molecule has 38 heavy (non-hydrogen) atoms. The number of epoxide rings is 1. The van der Waals surface area contributed by atoms with Crippen molar-refractivity contribution >= 4 is 23.5 Å². The van der Waals surface area contributed by atoms with Gasteiger partial charge < -0.3 is 29.9 Å². The van der Waals surface area contributed by atoms with Crippen molar-refractivity contribution in [3.63, 3.8) is 0 Å². The van der Waals surface area contributed by atoms with Crippen LogP contribution in [0.4, 0.5) is 0 Å². The Labute approximate surface area is 222 Å². The Kier molecular flexibility index (Phi) is 9.76. The van der Waals surface area contributed by atoms with E-state index in [1.165, 1.54) is 13.2 Å². The summed E-state index contributed by atoms with van der Waals surface area (Å²) in [4.78, 5) is 52.4. The second-order valence-electron chi connectivity index (χ2n) is 10.1. The van der Waals surface area contributed by atoms with Crippen molar-refractivity contribution in [3.05, 3.63) is 53.4 Å². The number of ether oxygens (including phenoxy) is 2. The van der Waals surface area contributed by atoms with Gasteiger partial charge in [0.2, 0.25) is 11.8 Å². The predicted octanol–water partition coefficient (Wildman–Crippen LogP) is 1.34. The standard InChI is InChI=1S/C27H36N4O7/c1-16(2)11-19(23(32)27(4)15-37-27)28-24(33)20(13-18-9-7-6-8-10-18)29-26(35)22(14-36-5)30-25(34)21-12-17(3)38-31-21/h6-10,12,16,19-20,22H,11,13-15H2,1-5H3,(H,28,33)(H,29,35)(H,30,34). The van der Waals surface area contributed by atoms with Crippen molar-refractivity contribution in [3.8, 4) is 0 Å². The van der Waals surface area contributed by atoms with Crippen LogP contribution >= 0.6 is 0 Å². The molecule has 0 bridgehead atoms. The Morgan fingerprint density at radius 3 is 2.21 bits per heavy atom. The van der Waals surface area contributed by atoms with E-state index in [4.69, 9.17) is 14.0 Å². The highest BCUT2D eigenvalue weighted by Gasteiger charge is 2.50. The lowest BCUT2D eigenvalue weighted by molar-refractivity contribution is -0.133. The molecule has 1 aliphatic heterocycles. The molecule has 4 unspecified atom stereocenters. The molecule has 3 rings (SSSR count). The van der Waals surface area contributed by atoms with Gasteiger partial charge in [0, 0.05) is 19.6 Å². The molecule has 11 heteroatoms. The molecule has 3 amide bonds. The first-order valence-corrected chi connectivity index (χ1v) is 12.6. The zero-order chi connectivity index (χ0) is 27.9. The summed E-state index contributed by atoms with van der Waals surface area (Å²) in [6.45, 7) is 7.43. The smallest absolute Gasteiger partial charge is 0.274 e. The molecule has 0 saturated carbocycles. The minimum Gasteiger partial charge on any atom is -0.382 e. The molecular weight excluding hydrogens is 492 g/mol. The average molecular weight is 529 g/mol. The number of ketones is 1. The zero-order valence-corrected chi connectivity index (χ0v) is 22.4. The molecule has 0 spiro atoms. The maximum absolute atomic E-state index is 13.5. The van der Waals surface area contributed by atoms with Gasteiger partial charge in [0.25, 0.3) is 5.91 Å². The molecule has 1 fully saturated rings. The van der Waals surface area contributed by atoms with Gasteiger partial charge in [0.1, 0.15) is 23.4 Å². The van der Waals surface area contributed by atoms with Crippen LogP contribution in [0.2, 0.25) is 0 Å². The summed E-state index contributed by atoms with van der Waals surface area (Å²) < 4.78 is 15.4. The quantitative estimate of drug-likeness (QED) is 0.311. The van der Waals surface area contributed by atoms with Crippen LogP contribution in [0.5, 0.6) is 0 Å². The van der Waals surface area contributed by atoms with E-state index in [-0.39, 0.29) is 30.4 Å². The third-order valence-electron chi connectivity index (χ3n) is 6.17. The number of benzene rings is 1. The number of Topliss-reactive ketones (excluding diaryl/α,β-unsaturated/α-hetero) is 1. The number of carbonyl (C=O) groups excluding carboxylic acids is 4. The summed E-state index contributed by atoms with van der Waals surface area (Å²) in [5, 5.41) is 11.8. The van der Waals surface area contributed by atoms with Gasteiger partial charge in [-0.2, -0.15) is 0 Å². The highest BCUT2D eigenvalue weighted by molar-refractivity contribution is 5.99. The maximum Gasteiger partial charge on any atom is 0.274 e. The number of aromatic nitrogens is 1. The van der Waals surface area contributed by atoms with E-state index >= 15 is 0 Å². The second-order valence-corrected chi connectivity index (χ2v) is 10.1. The van der Waals surface area contributed by atoms with Gasteiger partial charge in [-0.15, -0.1) is 0 Å². The molecule has 0 radical (unpaired) electrons. The number of hydrogen-bond donors (Lipinski definition) is 3. The fourth-order valence-electron chi connectivity index (χ4n) is 3.98. The third-order valence-corrected chi connectivity index (χ3v) is 6.17. The van der Waals surface area contributed by atoms with Gasteiger partial charge >= 0.3 is 0 Å². The van der Waals surface area contributed by atoms with E-state index in [2.05, 4.69) is 21.1 Å². The SMILES string of the molecule is COCC(NC(=O)c1cc(C)on1)C(=O)NC(Cc1ccccc1)C(=O)NC(CC(C)C)C(=O)C1(C)CO1. The van der Waals surface area contributed by atoms with E-state index in [9.17, 15) is 19.2 Å². The zero-order valence-electron chi connectivity index (χ0n) is 22.4. The molecule has 2 aromatic rings. The number of hydrogen-bond acceptors (Lipinski definition) is 8. The lowest BCUT2D eigenvalue weighted by atomic mass is 9.93. The van der Waals surface area contributed by atoms with Crippen LogP contribution in [0.1, 0.15) is 49.0 Å². The summed E-state index contributed by atoms with van der Waals surface area (Å²) in [7, 11) is 1.39. The van der Waals surface area contributed by atoms with Crippen molar-refractivity contribution in [1.82, 2.24) is 21.1 Å². The van der Waals surface area contributed by atoms with Gasteiger partial charge in [-0.3, -0.25) is 19.2 Å². The predicted molar refractivity (Wildman–Crippen MR) is 137 cm³/mol. The van der Waals surface area contributed by atoms with Gasteiger partial charge in [-0.25, -0.2) is 0 Å². The third kappa shape index (κ3) is 7.96. The first kappa shape index (κ1) is 29.0. The molecule has 1 aromatic carbocycles. The maximum atomic E-state index is 13.5. The summed E-state index contributed by atoms with van der Waals surface area (Å²) in [6, 6.07) is 7.72. The fraction of sp³-hybridized carbons (Fsp3) is 0.519. The molecule has 1 aromatic heterocycles. The van der Waals surface area contributed by atoms with Gasteiger partial charge in [-0.05, 0) is 31.7 Å². The highest BCUT2D eigenvalue weighted by Crippen LogP contribution is 2.29. The number of aryl methyl sites for hydroxylation is 1. The Hall–Kier alpha value is -3.57. The Morgan fingerprint density at radius 1 is 1.03 bits per heavy atom. The highest BCUT2D eigenvalue weighted by atomic mass is 16.6. The Balaban J connectivity index is 1.78. The van der Waals surface area contributed by atoms with E-state index in [1.54, 1.807) is 13.8 Å². The molecule has 3 N–H and O–H groups in total. The molecule has 0 aliphatic carbocycles. The average Bonchev–Trinajstić information content (AvgIpc) is 3.48. The number of amides is 3. The molecule has 1 saturated heterocycles. The minimum atomic E-state index is -1.11. The van der Waals surface area contributed by atoms with Gasteiger partial charge in [0.05, 0.1) is 19.3 Å². The largest absolute Gasteiger partial charge is 0.382 e. The lowest BCUT2D eigenvalue weighted by Gasteiger charge is -2.26. The first-order valence-electron chi connectivity index (χ1n) is 12.6. The lowest BCUT2D eigenvalue weighted by Crippen LogP contribution is -2.58. The summed E-state index contributed by atoms with van der Waals surface area (Å²) in [5.41, 5.74) is -0.0819. The summed E-state index contributed by atoms with van der Waals surface area (Å²) in [6.07, 6.45) is 0.597. The summed E-state index contributed by atoms with van der Waals surface area (Å²) >= 11 is 0. The minimum absolute atomic E-state index is 0.0146. The van der Waals surface area contributed by atoms with Crippen LogP contribution in [-0.2, 0) is 30.3 Å². The molecule has 206 valence electrons. The topological polar surface area (TPSA) is 152 Å². The van der Waals surface area contributed by atoms with Crippen LogP contribution in [0.15, 0.2) is 40.9 Å². The van der Waals surface area contributed by atoms with Crippen molar-refractivity contribution < 1.29 is 33.2 Å². The van der Waals surface area contributed by atoms with Crippen molar-refractivity contribution in [2.75, 3.05) is 20.3 Å². The van der Waals surface area contributed by atoms with Crippen molar-refractivity contribution in [2.24, 2.45) is 5.92 Å². The van der Waals surface area contributed by atoms with E-state index in [1.807, 2.05) is 44.2 Å². The van der Waals surface area contributed by atoms with Gasteiger partial charge in [0.15, 0.2) is 11.5 Å². The molecule has 11 nitrogen and oxygen atoms in total. The van der Waals surface area contributed by atoms with Crippen LogP contribution in [-0.4, -0.2) is 72.7 Å². The van der Waals surface area contributed by atoms with E-state index in [0.717, 1.165) is 5.56 Å².